The van der Waals surface area contributed by atoms with E-state index >= 15 is 0 Å². The van der Waals surface area contributed by atoms with E-state index in [1.54, 1.807) is 28.9 Å². The van der Waals surface area contributed by atoms with Gasteiger partial charge in [0, 0.05) is 32.7 Å². The van der Waals surface area contributed by atoms with Crippen LogP contribution in [0.3, 0.4) is 0 Å². The minimum Gasteiger partial charge on any atom is -0.460 e. The van der Waals surface area contributed by atoms with Gasteiger partial charge >= 0.3 is 5.97 Å². The van der Waals surface area contributed by atoms with Gasteiger partial charge in [0.15, 0.2) is 0 Å². The Morgan fingerprint density at radius 1 is 1.05 bits per heavy atom. The molecule has 10 nitrogen and oxygen atoms in total. The van der Waals surface area contributed by atoms with Gasteiger partial charge in [-0.2, -0.15) is 0 Å². The summed E-state index contributed by atoms with van der Waals surface area (Å²) in [5, 5.41) is 12.1. The number of likely N-dealkylation sites (tertiary alicyclic amines) is 1. The number of hydrogen-bond donors (Lipinski definition) is 2. The van der Waals surface area contributed by atoms with Gasteiger partial charge < -0.3 is 29.7 Å². The Hall–Kier alpha value is -3.50. The van der Waals surface area contributed by atoms with Crippen LogP contribution in [0.4, 0.5) is 0 Å². The average molecular weight is 566 g/mol. The number of nitrogens with zero attached hydrogens (tertiary/aromatic N) is 2. The molecule has 5 rings (SSSR count). The van der Waals surface area contributed by atoms with E-state index in [4.69, 9.17) is 9.47 Å². The molecule has 1 aromatic carbocycles. The zero-order valence-corrected chi connectivity index (χ0v) is 23.4. The standard InChI is InChI=1S/C31H39N3O7/c1-21-19-32-24(36)13-7-3-8-16-33(20-22-11-5-2-6-12-22)29(38)27-31-15-14-23(41-31)25(30(39)40-21)26(31)28(37)34(27)17-9-4-10-18-35/h2-3,5-6,8,11-12,14-15,21,23,25-27,35H,4,7,9-10,13,16-20H2,1H3,(H,32,36)/b8-3-/t21-,23+,25-,26-,27+,31-/m0/s1. The summed E-state index contributed by atoms with van der Waals surface area (Å²) in [7, 11) is 0. The molecule has 0 aliphatic carbocycles. The lowest BCUT2D eigenvalue weighted by Gasteiger charge is -2.36. The Balaban J connectivity index is 1.52. The van der Waals surface area contributed by atoms with Crippen LogP contribution in [0.25, 0.3) is 0 Å². The third-order valence-corrected chi connectivity index (χ3v) is 8.40. The fourth-order valence-corrected chi connectivity index (χ4v) is 6.44. The topological polar surface area (TPSA) is 125 Å². The van der Waals surface area contributed by atoms with Gasteiger partial charge in [0.1, 0.15) is 23.7 Å². The van der Waals surface area contributed by atoms with Gasteiger partial charge in [0.2, 0.25) is 17.7 Å². The highest BCUT2D eigenvalue weighted by molar-refractivity contribution is 5.99. The summed E-state index contributed by atoms with van der Waals surface area (Å²) in [6, 6.07) is 8.69. The number of amides is 3. The second kappa shape index (κ2) is 12.6. The number of cyclic esters (lactones) is 1. The van der Waals surface area contributed by atoms with E-state index in [1.165, 1.54) is 0 Å². The highest BCUT2D eigenvalue weighted by Gasteiger charge is 2.73. The van der Waals surface area contributed by atoms with Crippen molar-refractivity contribution in [3.05, 3.63) is 60.2 Å². The number of allylic oxidation sites excluding steroid dienone is 1. The number of rotatable bonds is 7. The second-order valence-corrected chi connectivity index (χ2v) is 11.3. The van der Waals surface area contributed by atoms with Crippen molar-refractivity contribution in [1.82, 2.24) is 15.1 Å². The SMILES string of the molecule is C[C@H]1CNC(=O)CC/C=C\CN(Cc2ccccc2)C(=O)[C@H]2N(CCCCCO)C(=O)[C@@H]3[C@@H](C(=O)O1)[C@H]1C=C[C@]32O1. The zero-order chi connectivity index (χ0) is 29.0. The zero-order valence-electron chi connectivity index (χ0n) is 23.4. The molecule has 3 amide bonds. The van der Waals surface area contributed by atoms with Gasteiger partial charge in [-0.3, -0.25) is 19.2 Å². The molecule has 41 heavy (non-hydrogen) atoms. The van der Waals surface area contributed by atoms with Crippen molar-refractivity contribution in [2.75, 3.05) is 26.2 Å². The molecular formula is C31H39N3O7. The number of hydrogen-bond acceptors (Lipinski definition) is 7. The highest BCUT2D eigenvalue weighted by Crippen LogP contribution is 2.55. The summed E-state index contributed by atoms with van der Waals surface area (Å²) < 4.78 is 12.1. The van der Waals surface area contributed by atoms with E-state index in [9.17, 15) is 24.3 Å². The van der Waals surface area contributed by atoms with E-state index in [-0.39, 0.29) is 43.8 Å². The maximum Gasteiger partial charge on any atom is 0.313 e. The average Bonchev–Trinajstić information content (AvgIpc) is 3.60. The van der Waals surface area contributed by atoms with Crippen LogP contribution in [0.5, 0.6) is 0 Å². The number of aliphatic hydroxyl groups excluding tert-OH is 1. The summed E-state index contributed by atoms with van der Waals surface area (Å²) in [6.07, 6.45) is 8.74. The first-order chi connectivity index (χ1) is 19.9. The van der Waals surface area contributed by atoms with Crippen molar-refractivity contribution in [2.45, 2.75) is 69.4 Å². The molecule has 4 aliphatic heterocycles. The van der Waals surface area contributed by atoms with Gasteiger partial charge in [-0.05, 0) is 38.2 Å². The van der Waals surface area contributed by atoms with E-state index in [2.05, 4.69) is 5.32 Å². The minimum absolute atomic E-state index is 0.0557. The fraction of sp³-hybridized carbons (Fsp3) is 0.548. The molecule has 10 heteroatoms. The highest BCUT2D eigenvalue weighted by atomic mass is 16.6. The molecule has 4 heterocycles. The summed E-state index contributed by atoms with van der Waals surface area (Å²) in [6.45, 7) is 2.84. The molecule has 1 aromatic rings. The number of aliphatic hydroxyl groups is 1. The molecule has 4 aliphatic rings. The molecule has 0 aromatic heterocycles. The van der Waals surface area contributed by atoms with Gasteiger partial charge in [-0.25, -0.2) is 0 Å². The first-order valence-corrected chi connectivity index (χ1v) is 14.6. The van der Waals surface area contributed by atoms with E-state index < -0.39 is 41.7 Å². The molecular weight excluding hydrogens is 526 g/mol. The second-order valence-electron chi connectivity index (χ2n) is 11.3. The summed E-state index contributed by atoms with van der Waals surface area (Å²) in [4.78, 5) is 57.7. The molecule has 220 valence electrons. The molecule has 1 spiro atoms. The smallest absolute Gasteiger partial charge is 0.313 e. The molecule has 2 fully saturated rings. The maximum absolute atomic E-state index is 14.5. The summed E-state index contributed by atoms with van der Waals surface area (Å²) in [5.74, 6) is -3.05. The normalized spacial score (nSPS) is 32.7. The van der Waals surface area contributed by atoms with E-state index in [1.807, 2.05) is 42.5 Å². The Morgan fingerprint density at radius 3 is 2.63 bits per heavy atom. The fourth-order valence-electron chi connectivity index (χ4n) is 6.44. The Morgan fingerprint density at radius 2 is 1.85 bits per heavy atom. The summed E-state index contributed by atoms with van der Waals surface area (Å²) >= 11 is 0. The first kappa shape index (κ1) is 29.0. The van der Waals surface area contributed by atoms with Crippen LogP contribution in [-0.4, -0.2) is 88.7 Å². The molecule has 2 saturated heterocycles. The number of ether oxygens (including phenoxy) is 2. The predicted octanol–water partition coefficient (Wildman–Crippen LogP) is 1.73. The number of esters is 1. The lowest BCUT2D eigenvalue weighted by atomic mass is 9.74. The number of carbonyl (C=O) groups is 4. The number of benzene rings is 1. The maximum atomic E-state index is 14.5. The van der Waals surface area contributed by atoms with Gasteiger partial charge in [0.25, 0.3) is 0 Å². The Bertz CT molecular complexity index is 1200. The largest absolute Gasteiger partial charge is 0.460 e. The number of carbonyl (C=O) groups excluding carboxylic acids is 4. The number of unbranched alkanes of at least 4 members (excludes halogenated alkanes) is 2. The Kier molecular flexibility index (Phi) is 8.89. The third kappa shape index (κ3) is 5.81. The minimum atomic E-state index is -1.27. The lowest BCUT2D eigenvalue weighted by molar-refractivity contribution is -0.158. The summed E-state index contributed by atoms with van der Waals surface area (Å²) in [5.41, 5.74) is -0.334. The van der Waals surface area contributed by atoms with Crippen molar-refractivity contribution in [2.24, 2.45) is 11.8 Å². The number of fused-ring (bicyclic) bond motifs is 2. The van der Waals surface area contributed by atoms with Crippen molar-refractivity contribution in [3.63, 3.8) is 0 Å². The van der Waals surface area contributed by atoms with Crippen LogP contribution < -0.4 is 5.32 Å². The van der Waals surface area contributed by atoms with Gasteiger partial charge in [0.05, 0.1) is 18.6 Å². The van der Waals surface area contributed by atoms with Gasteiger partial charge in [-0.1, -0.05) is 54.6 Å². The van der Waals surface area contributed by atoms with Crippen LogP contribution in [0.15, 0.2) is 54.6 Å². The molecule has 2 N–H and O–H groups in total. The third-order valence-electron chi connectivity index (χ3n) is 8.40. The molecule has 0 saturated carbocycles. The van der Waals surface area contributed by atoms with Crippen LogP contribution in [0.2, 0.25) is 0 Å². The van der Waals surface area contributed by atoms with Crippen molar-refractivity contribution in [1.29, 1.82) is 0 Å². The quantitative estimate of drug-likeness (QED) is 0.293. The lowest BCUT2D eigenvalue weighted by Crippen LogP contribution is -2.55. The van der Waals surface area contributed by atoms with E-state index in [0.717, 1.165) is 5.56 Å². The molecule has 5 bridgehead atoms. The van der Waals surface area contributed by atoms with Crippen molar-refractivity contribution >= 4 is 23.7 Å². The van der Waals surface area contributed by atoms with Crippen molar-refractivity contribution < 1.29 is 33.8 Å². The first-order valence-electron chi connectivity index (χ1n) is 14.6. The Labute approximate surface area is 240 Å². The molecule has 0 unspecified atom stereocenters. The van der Waals surface area contributed by atoms with E-state index in [0.29, 0.717) is 38.8 Å². The monoisotopic (exact) mass is 565 g/mol. The van der Waals surface area contributed by atoms with Crippen LogP contribution >= 0.6 is 0 Å². The predicted molar refractivity (Wildman–Crippen MR) is 149 cm³/mol. The van der Waals surface area contributed by atoms with Crippen LogP contribution in [-0.2, 0) is 35.2 Å². The van der Waals surface area contributed by atoms with Crippen molar-refractivity contribution in [3.8, 4) is 0 Å². The van der Waals surface area contributed by atoms with Crippen LogP contribution in [0, 0.1) is 11.8 Å². The molecule has 0 radical (unpaired) electrons. The number of nitrogens with one attached hydrogen (secondary N) is 1. The van der Waals surface area contributed by atoms with Crippen LogP contribution in [0.1, 0.15) is 44.6 Å². The molecule has 6 atom stereocenters. The van der Waals surface area contributed by atoms with Gasteiger partial charge in [-0.15, -0.1) is 0 Å².